The number of hydrogen-bond donors (Lipinski definition) is 2. The lowest BCUT2D eigenvalue weighted by molar-refractivity contribution is -0.124. The normalized spacial score (nSPS) is 14.1. The van der Waals surface area contributed by atoms with Gasteiger partial charge in [-0.25, -0.2) is 15.4 Å². The van der Waals surface area contributed by atoms with E-state index >= 15 is 0 Å². The monoisotopic (exact) mass is 478 g/mol. The minimum absolute atomic E-state index is 0.0805. The fourth-order valence-electron chi connectivity index (χ4n) is 3.46. The van der Waals surface area contributed by atoms with Crippen molar-refractivity contribution in [2.75, 3.05) is 56.2 Å². The number of hydrogen-bond acceptors (Lipinski definition) is 10. The Hall–Kier alpha value is -3.96. The first-order valence-corrected chi connectivity index (χ1v) is 11.1. The lowest BCUT2D eigenvalue weighted by atomic mass is 10.1. The van der Waals surface area contributed by atoms with Gasteiger partial charge in [0.15, 0.2) is 17.5 Å². The largest absolute Gasteiger partial charge is 0.378 e. The second kappa shape index (κ2) is 12.5. The van der Waals surface area contributed by atoms with Crippen LogP contribution in [0.4, 0.5) is 17.3 Å². The second-order valence-corrected chi connectivity index (χ2v) is 7.83. The summed E-state index contributed by atoms with van der Waals surface area (Å²) in [6.45, 7) is 12.5. The van der Waals surface area contributed by atoms with Crippen LogP contribution < -0.4 is 15.3 Å². The number of likely N-dealkylation sites (N-methyl/N-ethyl adjacent to an activating group) is 1. The van der Waals surface area contributed by atoms with E-state index in [1.54, 1.807) is 5.48 Å². The van der Waals surface area contributed by atoms with Crippen LogP contribution in [0.1, 0.15) is 5.56 Å². The van der Waals surface area contributed by atoms with Crippen LogP contribution >= 0.6 is 0 Å². The van der Waals surface area contributed by atoms with Gasteiger partial charge in [-0.3, -0.25) is 25.0 Å². The number of benzene rings is 1. The van der Waals surface area contributed by atoms with Crippen LogP contribution in [0.25, 0.3) is 11.4 Å². The first-order chi connectivity index (χ1) is 17.0. The van der Waals surface area contributed by atoms with Crippen LogP contribution in [0, 0.1) is 6.92 Å². The van der Waals surface area contributed by atoms with Crippen molar-refractivity contribution in [3.63, 3.8) is 0 Å². The Balaban J connectivity index is 1.92. The molecule has 2 N–H and O–H groups in total. The highest BCUT2D eigenvalue weighted by atomic mass is 16.5. The number of hydroxylamine groups is 1. The molecule has 0 aliphatic carbocycles. The van der Waals surface area contributed by atoms with E-state index in [0.29, 0.717) is 62.5 Å². The van der Waals surface area contributed by atoms with Crippen LogP contribution in [0.3, 0.4) is 0 Å². The molecule has 0 saturated carbocycles. The zero-order chi connectivity index (χ0) is 25.2. The Morgan fingerprint density at radius 3 is 2.60 bits per heavy atom. The average Bonchev–Trinajstić information content (AvgIpc) is 2.90. The van der Waals surface area contributed by atoms with Crippen LogP contribution in [0.15, 0.2) is 51.0 Å². The van der Waals surface area contributed by atoms with Gasteiger partial charge in [0.25, 0.3) is 5.91 Å². The topological polar surface area (TPSA) is 128 Å². The summed E-state index contributed by atoms with van der Waals surface area (Å²) in [5, 5.41) is 8.84. The summed E-state index contributed by atoms with van der Waals surface area (Å²) in [7, 11) is 1.89. The van der Waals surface area contributed by atoms with Gasteiger partial charge < -0.3 is 14.5 Å². The molecule has 184 valence electrons. The maximum absolute atomic E-state index is 11.6. The number of amides is 1. The number of nitrogens with zero attached hydrogens (tertiary/aromatic N) is 7. The average molecular weight is 479 g/mol. The summed E-state index contributed by atoms with van der Waals surface area (Å²) in [6.07, 6.45) is 2.54. The van der Waals surface area contributed by atoms with E-state index in [1.165, 1.54) is 12.4 Å². The summed E-state index contributed by atoms with van der Waals surface area (Å²) in [5.41, 5.74) is 4.27. The van der Waals surface area contributed by atoms with Crippen LogP contribution in [-0.4, -0.2) is 87.2 Å². The molecule has 0 radical (unpaired) electrons. The molecule has 2 aromatic rings. The first kappa shape index (κ1) is 25.7. The summed E-state index contributed by atoms with van der Waals surface area (Å²) >= 11 is 0. The highest BCUT2D eigenvalue weighted by Gasteiger charge is 2.23. The maximum Gasteiger partial charge on any atom is 0.277 e. The van der Waals surface area contributed by atoms with Gasteiger partial charge in [0.1, 0.15) is 5.69 Å². The van der Waals surface area contributed by atoms with Crippen molar-refractivity contribution in [1.82, 2.24) is 15.4 Å². The SMILES string of the molecule is C=N/C=C(\C=NCCN(C)c1nc(-c2ccc(C)cc2)nc(N2CCOCC2)c1N=C)C(=O)NO. The van der Waals surface area contributed by atoms with Gasteiger partial charge >= 0.3 is 0 Å². The van der Waals surface area contributed by atoms with E-state index in [9.17, 15) is 4.79 Å². The predicted molar refractivity (Wildman–Crippen MR) is 139 cm³/mol. The molecule has 35 heavy (non-hydrogen) atoms. The quantitative estimate of drug-likeness (QED) is 0.232. The molecule has 11 heteroatoms. The standard InChI is InChI=1S/C24H30N8O3/c1-17-5-7-18(8-6-17)21-28-22(20(26-3)23(29-21)32-11-13-35-14-12-32)31(4)10-9-27-16-19(15-25-2)24(33)30-34/h5-8,15-16,34H,2-3,9-14H2,1,4H3,(H,30,33)/b19-15+,27-16?. The molecule has 0 unspecified atom stereocenters. The lowest BCUT2D eigenvalue weighted by Gasteiger charge is -2.30. The van der Waals surface area contributed by atoms with Crippen molar-refractivity contribution in [3.05, 3.63) is 41.6 Å². The molecule has 0 bridgehead atoms. The Kier molecular flexibility index (Phi) is 9.16. The Bertz CT molecular complexity index is 1110. The predicted octanol–water partition coefficient (Wildman–Crippen LogP) is 2.22. The first-order valence-electron chi connectivity index (χ1n) is 11.1. The fraction of sp³-hybridized carbons (Fsp3) is 0.333. The van der Waals surface area contributed by atoms with Crippen molar-refractivity contribution in [2.45, 2.75) is 6.92 Å². The molecule has 2 heterocycles. The molecule has 1 aliphatic heterocycles. The van der Waals surface area contributed by atoms with E-state index in [1.807, 2.05) is 43.1 Å². The molecule has 0 spiro atoms. The van der Waals surface area contributed by atoms with Crippen LogP contribution in [0.5, 0.6) is 0 Å². The molecule has 1 saturated heterocycles. The second-order valence-electron chi connectivity index (χ2n) is 7.83. The third-order valence-electron chi connectivity index (χ3n) is 5.38. The van der Waals surface area contributed by atoms with E-state index in [0.717, 1.165) is 11.1 Å². The molecular weight excluding hydrogens is 448 g/mol. The van der Waals surface area contributed by atoms with Gasteiger partial charge in [0.05, 0.1) is 25.3 Å². The number of morpholine rings is 1. The minimum atomic E-state index is -0.721. The summed E-state index contributed by atoms with van der Waals surface area (Å²) in [6, 6.07) is 8.04. The fourth-order valence-corrected chi connectivity index (χ4v) is 3.46. The van der Waals surface area contributed by atoms with E-state index < -0.39 is 5.91 Å². The Labute approximate surface area is 204 Å². The smallest absolute Gasteiger partial charge is 0.277 e. The van der Waals surface area contributed by atoms with E-state index in [-0.39, 0.29) is 5.57 Å². The van der Waals surface area contributed by atoms with Gasteiger partial charge in [-0.15, -0.1) is 0 Å². The van der Waals surface area contributed by atoms with Gasteiger partial charge in [0, 0.05) is 44.7 Å². The molecule has 3 rings (SSSR count). The Morgan fingerprint density at radius 2 is 1.97 bits per heavy atom. The number of ether oxygens (including phenoxy) is 1. The van der Waals surface area contributed by atoms with Crippen molar-refractivity contribution in [3.8, 4) is 11.4 Å². The van der Waals surface area contributed by atoms with E-state index in [4.69, 9.17) is 19.9 Å². The molecule has 1 aliphatic rings. The van der Waals surface area contributed by atoms with E-state index in [2.05, 4.69) is 33.3 Å². The highest BCUT2D eigenvalue weighted by Crippen LogP contribution is 2.37. The summed E-state index contributed by atoms with van der Waals surface area (Å²) in [5.74, 6) is 1.20. The van der Waals surface area contributed by atoms with Gasteiger partial charge in [-0.05, 0) is 20.4 Å². The molecule has 1 fully saturated rings. The molecule has 11 nitrogen and oxygen atoms in total. The number of rotatable bonds is 10. The zero-order valence-electron chi connectivity index (χ0n) is 20.0. The van der Waals surface area contributed by atoms with Crippen LogP contribution in [0.2, 0.25) is 0 Å². The summed E-state index contributed by atoms with van der Waals surface area (Å²) in [4.78, 5) is 37.5. The third-order valence-corrected chi connectivity index (χ3v) is 5.38. The van der Waals surface area contributed by atoms with Crippen molar-refractivity contribution in [2.24, 2.45) is 15.0 Å². The number of aliphatic imine (C=N–C) groups is 3. The highest BCUT2D eigenvalue weighted by molar-refractivity contribution is 6.11. The number of carbonyl (C=O) groups excluding carboxylic acids is 1. The summed E-state index contributed by atoms with van der Waals surface area (Å²) < 4.78 is 5.51. The van der Waals surface area contributed by atoms with Gasteiger partial charge in [-0.2, -0.15) is 0 Å². The molecule has 1 aromatic heterocycles. The maximum atomic E-state index is 11.6. The van der Waals surface area contributed by atoms with Crippen LogP contribution in [-0.2, 0) is 9.53 Å². The number of aryl methyl sites for hydroxylation is 1. The number of nitrogens with one attached hydrogen (secondary N) is 1. The van der Waals surface area contributed by atoms with Crippen molar-refractivity contribution < 1.29 is 14.7 Å². The minimum Gasteiger partial charge on any atom is -0.378 e. The van der Waals surface area contributed by atoms with Crippen molar-refractivity contribution in [1.29, 1.82) is 0 Å². The zero-order valence-corrected chi connectivity index (χ0v) is 20.0. The molecular formula is C24H30N8O3. The van der Waals surface area contributed by atoms with Gasteiger partial charge in [0.2, 0.25) is 0 Å². The number of carbonyl (C=O) groups is 1. The van der Waals surface area contributed by atoms with Gasteiger partial charge in [-0.1, -0.05) is 29.8 Å². The van der Waals surface area contributed by atoms with Crippen molar-refractivity contribution >= 4 is 42.9 Å². The Morgan fingerprint density at radius 1 is 1.26 bits per heavy atom. The molecule has 1 aromatic carbocycles. The molecule has 1 amide bonds. The lowest BCUT2D eigenvalue weighted by Crippen LogP contribution is -2.37. The number of aromatic nitrogens is 2. The number of anilines is 2. The third kappa shape index (κ3) is 6.55. The molecule has 0 atom stereocenters.